The topological polar surface area (TPSA) is 50.3 Å². The number of methoxy groups -OCH3 is 1. The van der Waals surface area contributed by atoms with E-state index >= 15 is 0 Å². The first kappa shape index (κ1) is 13.5. The molecule has 5 nitrogen and oxygen atoms in total. The minimum atomic E-state index is 0.727. The quantitative estimate of drug-likeness (QED) is 0.788. The number of ether oxygens (including phenoxy) is 1. The SMILES string of the molecule is CCCNc1ncnc(N(CC)CC)c1OC. The monoisotopic (exact) mass is 238 g/mol. The van der Waals surface area contributed by atoms with Crippen LogP contribution in [0.5, 0.6) is 5.75 Å². The van der Waals surface area contributed by atoms with Crippen LogP contribution in [-0.2, 0) is 0 Å². The van der Waals surface area contributed by atoms with Gasteiger partial charge < -0.3 is 15.0 Å². The number of hydrogen-bond donors (Lipinski definition) is 1. The van der Waals surface area contributed by atoms with E-state index in [1.807, 2.05) is 0 Å². The summed E-state index contributed by atoms with van der Waals surface area (Å²) < 4.78 is 5.43. The van der Waals surface area contributed by atoms with Gasteiger partial charge in [-0.05, 0) is 20.3 Å². The molecule has 1 aromatic heterocycles. The van der Waals surface area contributed by atoms with E-state index in [-0.39, 0.29) is 0 Å². The minimum Gasteiger partial charge on any atom is -0.490 e. The highest BCUT2D eigenvalue weighted by Crippen LogP contribution is 2.31. The molecule has 1 heterocycles. The number of rotatable bonds is 7. The van der Waals surface area contributed by atoms with Crippen LogP contribution in [0.1, 0.15) is 27.2 Å². The molecule has 0 spiro atoms. The summed E-state index contributed by atoms with van der Waals surface area (Å²) in [6.07, 6.45) is 2.63. The van der Waals surface area contributed by atoms with Crippen molar-refractivity contribution in [2.75, 3.05) is 37.0 Å². The maximum Gasteiger partial charge on any atom is 0.204 e. The highest BCUT2D eigenvalue weighted by atomic mass is 16.5. The zero-order valence-electron chi connectivity index (χ0n) is 11.2. The van der Waals surface area contributed by atoms with Crippen molar-refractivity contribution in [1.82, 2.24) is 9.97 Å². The number of aromatic nitrogens is 2. The van der Waals surface area contributed by atoms with Gasteiger partial charge in [0.25, 0.3) is 0 Å². The summed E-state index contributed by atoms with van der Waals surface area (Å²) in [6.45, 7) is 9.00. The summed E-state index contributed by atoms with van der Waals surface area (Å²) in [5.74, 6) is 2.35. The van der Waals surface area contributed by atoms with Gasteiger partial charge in [0.15, 0.2) is 11.6 Å². The fraction of sp³-hybridized carbons (Fsp3) is 0.667. The van der Waals surface area contributed by atoms with Crippen LogP contribution in [0.2, 0.25) is 0 Å². The van der Waals surface area contributed by atoms with E-state index < -0.39 is 0 Å². The maximum atomic E-state index is 5.43. The number of hydrogen-bond acceptors (Lipinski definition) is 5. The zero-order chi connectivity index (χ0) is 12.7. The zero-order valence-corrected chi connectivity index (χ0v) is 11.2. The first-order valence-corrected chi connectivity index (χ1v) is 6.16. The molecule has 0 saturated heterocycles. The molecule has 0 amide bonds. The van der Waals surface area contributed by atoms with Crippen LogP contribution in [0.15, 0.2) is 6.33 Å². The molecule has 1 aromatic rings. The third-order valence-corrected chi connectivity index (χ3v) is 2.59. The Morgan fingerprint density at radius 3 is 2.47 bits per heavy atom. The molecule has 0 aliphatic carbocycles. The summed E-state index contributed by atoms with van der Waals surface area (Å²) >= 11 is 0. The van der Waals surface area contributed by atoms with Crippen molar-refractivity contribution < 1.29 is 4.74 Å². The van der Waals surface area contributed by atoms with Crippen LogP contribution in [-0.4, -0.2) is 36.7 Å². The highest BCUT2D eigenvalue weighted by molar-refractivity contribution is 5.64. The molecule has 0 aromatic carbocycles. The van der Waals surface area contributed by atoms with Crippen LogP contribution >= 0.6 is 0 Å². The van der Waals surface area contributed by atoms with Crippen molar-refractivity contribution in [1.29, 1.82) is 0 Å². The largest absolute Gasteiger partial charge is 0.490 e. The van der Waals surface area contributed by atoms with Crippen molar-refractivity contribution in [2.24, 2.45) is 0 Å². The molecule has 0 saturated carbocycles. The van der Waals surface area contributed by atoms with Crippen LogP contribution in [0.3, 0.4) is 0 Å². The van der Waals surface area contributed by atoms with Gasteiger partial charge in [0, 0.05) is 19.6 Å². The lowest BCUT2D eigenvalue weighted by molar-refractivity contribution is 0.412. The average Bonchev–Trinajstić information content (AvgIpc) is 2.37. The molecule has 1 N–H and O–H groups in total. The fourth-order valence-electron chi connectivity index (χ4n) is 1.67. The average molecular weight is 238 g/mol. The molecule has 0 fully saturated rings. The van der Waals surface area contributed by atoms with Gasteiger partial charge in [-0.1, -0.05) is 6.92 Å². The van der Waals surface area contributed by atoms with Gasteiger partial charge in [-0.15, -0.1) is 0 Å². The van der Waals surface area contributed by atoms with Gasteiger partial charge in [0.05, 0.1) is 7.11 Å². The molecule has 96 valence electrons. The van der Waals surface area contributed by atoms with E-state index in [1.54, 1.807) is 13.4 Å². The van der Waals surface area contributed by atoms with Crippen molar-refractivity contribution in [3.8, 4) is 5.75 Å². The van der Waals surface area contributed by atoms with Crippen LogP contribution in [0.4, 0.5) is 11.6 Å². The first-order valence-electron chi connectivity index (χ1n) is 6.16. The van der Waals surface area contributed by atoms with Crippen molar-refractivity contribution in [2.45, 2.75) is 27.2 Å². The fourth-order valence-corrected chi connectivity index (χ4v) is 1.67. The minimum absolute atomic E-state index is 0.727. The van der Waals surface area contributed by atoms with E-state index in [0.29, 0.717) is 0 Å². The summed E-state index contributed by atoms with van der Waals surface area (Å²) in [5.41, 5.74) is 0. The van der Waals surface area contributed by atoms with Gasteiger partial charge in [0.1, 0.15) is 6.33 Å². The smallest absolute Gasteiger partial charge is 0.204 e. The van der Waals surface area contributed by atoms with Crippen LogP contribution in [0, 0.1) is 0 Å². The van der Waals surface area contributed by atoms with E-state index in [9.17, 15) is 0 Å². The molecular weight excluding hydrogens is 216 g/mol. The van der Waals surface area contributed by atoms with Crippen LogP contribution < -0.4 is 15.0 Å². The summed E-state index contributed by atoms with van der Waals surface area (Å²) in [4.78, 5) is 10.7. The van der Waals surface area contributed by atoms with Gasteiger partial charge in [-0.3, -0.25) is 0 Å². The molecule has 0 unspecified atom stereocenters. The molecule has 0 radical (unpaired) electrons. The molecule has 0 aliphatic rings. The van der Waals surface area contributed by atoms with Gasteiger partial charge in [0.2, 0.25) is 5.75 Å². The standard InChI is InChI=1S/C12H22N4O/c1-5-8-13-11-10(17-4)12(15-9-14-11)16(6-2)7-3/h9H,5-8H2,1-4H3,(H,13,14,15). The first-order chi connectivity index (χ1) is 8.28. The van der Waals surface area contributed by atoms with E-state index in [2.05, 4.69) is 41.0 Å². The lowest BCUT2D eigenvalue weighted by Gasteiger charge is -2.22. The Kier molecular flexibility index (Phi) is 5.52. The predicted octanol–water partition coefficient (Wildman–Crippen LogP) is 2.15. The molecule has 5 heteroatoms. The lowest BCUT2D eigenvalue weighted by Crippen LogP contribution is -2.24. The summed E-state index contributed by atoms with van der Waals surface area (Å²) in [6, 6.07) is 0. The molecule has 0 aliphatic heterocycles. The van der Waals surface area contributed by atoms with E-state index in [4.69, 9.17) is 4.74 Å². The van der Waals surface area contributed by atoms with E-state index in [0.717, 1.165) is 43.4 Å². The van der Waals surface area contributed by atoms with Crippen molar-refractivity contribution in [3.63, 3.8) is 0 Å². The Labute approximate surface area is 103 Å². The molecule has 0 atom stereocenters. The lowest BCUT2D eigenvalue weighted by atomic mass is 10.4. The number of anilines is 2. The molecule has 17 heavy (non-hydrogen) atoms. The van der Waals surface area contributed by atoms with Gasteiger partial charge in [-0.2, -0.15) is 0 Å². The van der Waals surface area contributed by atoms with Gasteiger partial charge in [-0.25, -0.2) is 9.97 Å². The van der Waals surface area contributed by atoms with Crippen molar-refractivity contribution in [3.05, 3.63) is 6.33 Å². The highest BCUT2D eigenvalue weighted by Gasteiger charge is 2.15. The Hall–Kier alpha value is -1.52. The molecule has 1 rings (SSSR count). The van der Waals surface area contributed by atoms with Crippen LogP contribution in [0.25, 0.3) is 0 Å². The van der Waals surface area contributed by atoms with Crippen molar-refractivity contribution >= 4 is 11.6 Å². The van der Waals surface area contributed by atoms with Gasteiger partial charge >= 0.3 is 0 Å². The normalized spacial score (nSPS) is 10.1. The second-order valence-electron chi connectivity index (χ2n) is 3.68. The predicted molar refractivity (Wildman–Crippen MR) is 70.9 cm³/mol. The summed E-state index contributed by atoms with van der Waals surface area (Å²) in [7, 11) is 1.66. The summed E-state index contributed by atoms with van der Waals surface area (Å²) in [5, 5.41) is 3.25. The Morgan fingerprint density at radius 2 is 1.94 bits per heavy atom. The third kappa shape index (κ3) is 3.22. The third-order valence-electron chi connectivity index (χ3n) is 2.59. The number of nitrogens with one attached hydrogen (secondary N) is 1. The molecular formula is C12H22N4O. The molecule has 0 bridgehead atoms. The maximum absolute atomic E-state index is 5.43. The Balaban J connectivity index is 3.04. The second-order valence-corrected chi connectivity index (χ2v) is 3.68. The Bertz CT molecular complexity index is 339. The number of nitrogens with zero attached hydrogens (tertiary/aromatic N) is 3. The second kappa shape index (κ2) is 6.93. The van der Waals surface area contributed by atoms with E-state index in [1.165, 1.54) is 0 Å². The Morgan fingerprint density at radius 1 is 1.24 bits per heavy atom.